The Labute approximate surface area is 144 Å². The van der Waals surface area contributed by atoms with Crippen LogP contribution < -0.4 is 0 Å². The van der Waals surface area contributed by atoms with E-state index in [0.717, 1.165) is 29.8 Å². The molecule has 0 N–H and O–H groups in total. The molecular weight excluding hydrogens is 350 g/mol. The molecule has 23 heavy (non-hydrogen) atoms. The van der Waals surface area contributed by atoms with Gasteiger partial charge in [-0.25, -0.2) is 0 Å². The molecule has 2 heterocycles. The van der Waals surface area contributed by atoms with Gasteiger partial charge in [0.25, 0.3) is 0 Å². The van der Waals surface area contributed by atoms with E-state index < -0.39 is 0 Å². The molecule has 2 aliphatic heterocycles. The Morgan fingerprint density at radius 2 is 1.96 bits per heavy atom. The van der Waals surface area contributed by atoms with Crippen LogP contribution in [0, 0.1) is 0 Å². The smallest absolute Gasteiger partial charge is 0.0639 e. The van der Waals surface area contributed by atoms with E-state index in [1.54, 1.807) is 0 Å². The molecule has 116 valence electrons. The second-order valence-electron chi connectivity index (χ2n) is 6.26. The highest BCUT2D eigenvalue weighted by Gasteiger charge is 2.17. The third-order valence-electron chi connectivity index (χ3n) is 4.45. The summed E-state index contributed by atoms with van der Waals surface area (Å²) in [5.41, 5.74) is 6.40. The van der Waals surface area contributed by atoms with Gasteiger partial charge >= 0.3 is 0 Å². The van der Waals surface area contributed by atoms with Gasteiger partial charge in [0.1, 0.15) is 0 Å². The Morgan fingerprint density at radius 1 is 1.13 bits per heavy atom. The number of hydrogen-bond donors (Lipinski definition) is 0. The number of halogens is 1. The Hall–Kier alpha value is -1.78. The highest BCUT2D eigenvalue weighted by atomic mass is 79.9. The van der Waals surface area contributed by atoms with Crippen LogP contribution in [0.2, 0.25) is 0 Å². The van der Waals surface area contributed by atoms with E-state index in [-0.39, 0.29) is 5.92 Å². The molecular formula is C19H18BrN3. The van der Waals surface area contributed by atoms with Crippen LogP contribution >= 0.6 is 15.9 Å². The number of rotatable bonds is 2. The van der Waals surface area contributed by atoms with E-state index in [4.69, 9.17) is 4.99 Å². The van der Waals surface area contributed by atoms with Crippen LogP contribution in [0.5, 0.6) is 0 Å². The molecule has 0 spiro atoms. The minimum atomic E-state index is 0.146. The number of nitrogens with zero attached hydrogens (tertiary/aromatic N) is 3. The normalized spacial score (nSPS) is 20.0. The maximum absolute atomic E-state index is 4.71. The van der Waals surface area contributed by atoms with E-state index in [2.05, 4.69) is 69.3 Å². The summed E-state index contributed by atoms with van der Waals surface area (Å²) in [6, 6.07) is 12.9. The summed E-state index contributed by atoms with van der Waals surface area (Å²) in [5, 5.41) is 0. The van der Waals surface area contributed by atoms with Crippen molar-refractivity contribution in [2.75, 3.05) is 7.05 Å². The zero-order valence-electron chi connectivity index (χ0n) is 13.0. The van der Waals surface area contributed by atoms with Crippen molar-refractivity contribution in [1.29, 1.82) is 0 Å². The molecule has 0 radical (unpaired) electrons. The molecule has 1 atom stereocenters. The molecule has 0 aliphatic carbocycles. The Kier molecular flexibility index (Phi) is 3.87. The highest BCUT2D eigenvalue weighted by molar-refractivity contribution is 9.10. The summed E-state index contributed by atoms with van der Waals surface area (Å²) in [5.74, 6) is 0.146. The van der Waals surface area contributed by atoms with E-state index in [1.807, 2.05) is 12.4 Å². The van der Waals surface area contributed by atoms with Crippen LogP contribution in [0.15, 0.2) is 50.9 Å². The summed E-state index contributed by atoms with van der Waals surface area (Å²) in [4.78, 5) is 11.5. The topological polar surface area (TPSA) is 28.0 Å². The number of hydrogen-bond acceptors (Lipinski definition) is 3. The quantitative estimate of drug-likeness (QED) is 0.719. The summed E-state index contributed by atoms with van der Waals surface area (Å²) >= 11 is 3.56. The third-order valence-corrected chi connectivity index (χ3v) is 4.94. The van der Waals surface area contributed by atoms with Gasteiger partial charge in [-0.1, -0.05) is 28.1 Å². The van der Waals surface area contributed by atoms with Gasteiger partial charge in [-0.05, 0) is 53.6 Å². The van der Waals surface area contributed by atoms with E-state index >= 15 is 0 Å². The van der Waals surface area contributed by atoms with Crippen LogP contribution in [-0.4, -0.2) is 24.4 Å². The minimum Gasteiger partial charge on any atom is -0.298 e. The van der Waals surface area contributed by atoms with Crippen molar-refractivity contribution in [3.8, 4) is 0 Å². The van der Waals surface area contributed by atoms with Gasteiger partial charge in [0.15, 0.2) is 0 Å². The molecule has 4 heteroatoms. The van der Waals surface area contributed by atoms with Crippen LogP contribution in [0.25, 0.3) is 0 Å². The largest absolute Gasteiger partial charge is 0.298 e. The Bertz CT molecular complexity index is 810. The number of fused-ring (bicyclic) bond motifs is 2. The van der Waals surface area contributed by atoms with Crippen molar-refractivity contribution in [2.45, 2.75) is 25.6 Å². The summed E-state index contributed by atoms with van der Waals surface area (Å²) in [6.45, 7) is 2.81. The molecule has 1 unspecified atom stereocenters. The Balaban J connectivity index is 1.60. The van der Waals surface area contributed by atoms with E-state index in [1.165, 1.54) is 22.3 Å². The minimum absolute atomic E-state index is 0.146. The van der Waals surface area contributed by atoms with Gasteiger partial charge in [0, 0.05) is 30.0 Å². The zero-order valence-corrected chi connectivity index (χ0v) is 14.6. The van der Waals surface area contributed by atoms with Crippen molar-refractivity contribution in [3.63, 3.8) is 0 Å². The van der Waals surface area contributed by atoms with Crippen molar-refractivity contribution in [1.82, 2.24) is 4.90 Å². The van der Waals surface area contributed by atoms with Gasteiger partial charge in [0.05, 0.1) is 18.2 Å². The molecule has 0 saturated carbocycles. The van der Waals surface area contributed by atoms with Gasteiger partial charge in [0.2, 0.25) is 0 Å². The summed E-state index contributed by atoms with van der Waals surface area (Å²) < 4.78 is 1.10. The number of benzene rings is 2. The fourth-order valence-electron chi connectivity index (χ4n) is 3.28. The van der Waals surface area contributed by atoms with Crippen molar-refractivity contribution in [2.24, 2.45) is 9.98 Å². The first-order valence-electron chi connectivity index (χ1n) is 7.82. The van der Waals surface area contributed by atoms with Gasteiger partial charge in [-0.2, -0.15) is 0 Å². The lowest BCUT2D eigenvalue weighted by Crippen LogP contribution is -2.10. The molecule has 4 rings (SSSR count). The van der Waals surface area contributed by atoms with Crippen LogP contribution in [0.1, 0.15) is 28.2 Å². The Morgan fingerprint density at radius 3 is 2.87 bits per heavy atom. The molecule has 2 aromatic rings. The molecule has 0 amide bonds. The van der Waals surface area contributed by atoms with E-state index in [0.29, 0.717) is 0 Å². The maximum Gasteiger partial charge on any atom is 0.0639 e. The van der Waals surface area contributed by atoms with Crippen molar-refractivity contribution >= 4 is 34.0 Å². The standard InChI is InChI=1S/C19H18BrN3/c1-23-11-14-3-5-18(6-15(14)12-23)22-10-16-9-21-8-13-2-4-17(20)7-19(13)16/h2-7,9-10,16H,8,11-12H2,1H3. The van der Waals surface area contributed by atoms with Crippen LogP contribution in [0.4, 0.5) is 5.69 Å². The van der Waals surface area contributed by atoms with Crippen LogP contribution in [-0.2, 0) is 19.6 Å². The SMILES string of the molecule is CN1Cc2ccc(N=CC3C=NCc4ccc(Br)cc43)cc2C1. The molecule has 0 aromatic heterocycles. The first-order chi connectivity index (χ1) is 11.2. The average molecular weight is 368 g/mol. The highest BCUT2D eigenvalue weighted by Crippen LogP contribution is 2.28. The molecule has 2 aromatic carbocycles. The lowest BCUT2D eigenvalue weighted by atomic mass is 9.94. The first kappa shape index (κ1) is 14.8. The van der Waals surface area contributed by atoms with Gasteiger partial charge in [-0.3, -0.25) is 14.9 Å². The third kappa shape index (κ3) is 3.01. The second kappa shape index (κ2) is 6.02. The molecule has 0 saturated heterocycles. The predicted octanol–water partition coefficient (Wildman–Crippen LogP) is 4.47. The molecule has 2 aliphatic rings. The lowest BCUT2D eigenvalue weighted by Gasteiger charge is -2.17. The number of aliphatic imine (C=N–C) groups is 2. The fourth-order valence-corrected chi connectivity index (χ4v) is 3.66. The summed E-state index contributed by atoms with van der Waals surface area (Å²) in [6.07, 6.45) is 4.01. The predicted molar refractivity (Wildman–Crippen MR) is 98.8 cm³/mol. The zero-order chi connectivity index (χ0) is 15.8. The van der Waals surface area contributed by atoms with E-state index in [9.17, 15) is 0 Å². The summed E-state index contributed by atoms with van der Waals surface area (Å²) in [7, 11) is 2.15. The lowest BCUT2D eigenvalue weighted by molar-refractivity contribution is 0.353. The molecule has 0 bridgehead atoms. The van der Waals surface area contributed by atoms with Gasteiger partial charge < -0.3 is 0 Å². The van der Waals surface area contributed by atoms with Crippen molar-refractivity contribution in [3.05, 3.63) is 63.1 Å². The van der Waals surface area contributed by atoms with Crippen LogP contribution in [0.3, 0.4) is 0 Å². The fraction of sp³-hybridized carbons (Fsp3) is 0.263. The maximum atomic E-state index is 4.71. The first-order valence-corrected chi connectivity index (χ1v) is 8.61. The average Bonchev–Trinajstić information content (AvgIpc) is 2.92. The van der Waals surface area contributed by atoms with Gasteiger partial charge in [-0.15, -0.1) is 0 Å². The monoisotopic (exact) mass is 367 g/mol. The second-order valence-corrected chi connectivity index (χ2v) is 7.18. The molecule has 0 fully saturated rings. The molecule has 3 nitrogen and oxygen atoms in total. The van der Waals surface area contributed by atoms with Crippen molar-refractivity contribution < 1.29 is 0 Å².